The van der Waals surface area contributed by atoms with Gasteiger partial charge in [-0.15, -0.1) is 0 Å². The van der Waals surface area contributed by atoms with E-state index in [-0.39, 0.29) is 114 Å². The minimum absolute atomic E-state index is 0. The molecule has 5 aromatic rings. The van der Waals surface area contributed by atoms with Gasteiger partial charge in [0, 0.05) is 120 Å². The predicted octanol–water partition coefficient (Wildman–Crippen LogP) is -3.03. The minimum Gasteiger partial charge on any atom is -0.477 e. The van der Waals surface area contributed by atoms with Gasteiger partial charge in [0.15, 0.2) is 0 Å². The molecule has 0 saturated carbocycles. The number of hydrogen-bond acceptors (Lipinski definition) is 20. The third kappa shape index (κ3) is 22.4. The molecular formula is C66H80N6NaO22S2+. The van der Waals surface area contributed by atoms with Crippen molar-refractivity contribution in [3.63, 3.8) is 0 Å². The van der Waals surface area contributed by atoms with Crippen molar-refractivity contribution in [2.24, 2.45) is 0 Å². The molecule has 31 heteroatoms. The van der Waals surface area contributed by atoms with Crippen LogP contribution in [0.25, 0.3) is 22.3 Å². The fourth-order valence-corrected chi connectivity index (χ4v) is 12.7. The Hall–Kier alpha value is -7.24. The number of aliphatic hydroxyl groups is 6. The standard InChI is InChI=1S/C66H80N6O22S2.Na/c1-39(73)71-53-49(75)35-65(63(85)86,93-57(53)55(79)51(77)37-69-61(83)47-19-15-43(16-20-47)41-11-5-3-6-12-41)91-29-9-31-95(89)33-27-67-59(81)45-23-25-46(26-24-45)60(82)68-28-34-96(90)32-10-30-92-66(64(87)88)36-50(76)54(72-40(2)74)58(94-66)56(80)52(78)38-70-62(84)48-21-17-44(18-22-48)42-13-7-4-8-14-42;/h3-8,11-26,49-58,75-80H,9-10,27-38H2,1-2H3,(H,67,81)(H,68,82)(H,69,83)(H,70,84)(H,71,73)(H,72,74)(H,85,86)(H,87,88);/q;+1/t49-,50-,51+,52+,53+,54+,55?,56?,57+,58+,65+,66+,95?,96?;/m0./s1. The van der Waals surface area contributed by atoms with Gasteiger partial charge in [0.1, 0.15) is 24.4 Å². The molecule has 0 bridgehead atoms. The summed E-state index contributed by atoms with van der Waals surface area (Å²) >= 11 is 0. The SMILES string of the molecule is CC(=O)N[C@@H]1[C@@H](O)C[C@](OCCCS(=O)CCNC(=O)c2ccc(C(=O)NCCS(=O)CCCO[C@]3(C(=O)O)C[C@H](O)[C@@H](NC(C)=O)[C@H](C(O)[C@H](O)CNC(=O)c4ccc(-c5ccccc5)cc4)O3)cc2)(C(=O)O)O[C@H]1C(O)[C@H](O)CNC(=O)c1ccc(-c2ccccc2)cc1.[Na+]. The van der Waals surface area contributed by atoms with Crippen LogP contribution in [0.15, 0.2) is 133 Å². The molecule has 0 aliphatic carbocycles. The van der Waals surface area contributed by atoms with Crippen LogP contribution in [-0.2, 0) is 59.7 Å². The van der Waals surface area contributed by atoms with E-state index in [1.165, 1.54) is 24.3 Å². The van der Waals surface area contributed by atoms with Gasteiger partial charge in [-0.25, -0.2) is 9.59 Å². The zero-order chi connectivity index (χ0) is 69.7. The van der Waals surface area contributed by atoms with Gasteiger partial charge in [-0.05, 0) is 83.6 Å². The van der Waals surface area contributed by atoms with E-state index < -0.39 is 167 Å². The van der Waals surface area contributed by atoms with Gasteiger partial charge < -0.3 is 91.7 Å². The molecule has 2 saturated heterocycles. The number of nitrogens with one attached hydrogen (secondary N) is 6. The van der Waals surface area contributed by atoms with Crippen LogP contribution < -0.4 is 61.5 Å². The quantitative estimate of drug-likeness (QED) is 0.0144. The first-order chi connectivity index (χ1) is 45.8. The van der Waals surface area contributed by atoms with Crippen molar-refractivity contribution in [3.05, 3.63) is 156 Å². The van der Waals surface area contributed by atoms with E-state index in [1.54, 1.807) is 48.5 Å². The molecule has 0 radical (unpaired) electrons. The molecule has 2 aliphatic heterocycles. The van der Waals surface area contributed by atoms with Gasteiger partial charge in [-0.2, -0.15) is 0 Å². The largest absolute Gasteiger partial charge is 1.00 e. The fraction of sp³-hybridized carbons (Fsp3) is 0.424. The molecule has 0 aromatic heterocycles. The van der Waals surface area contributed by atoms with Crippen LogP contribution in [0.4, 0.5) is 0 Å². The van der Waals surface area contributed by atoms with E-state index in [2.05, 4.69) is 31.9 Å². The summed E-state index contributed by atoms with van der Waals surface area (Å²) in [4.78, 5) is 102. The molecule has 4 unspecified atom stereocenters. The van der Waals surface area contributed by atoms with Gasteiger partial charge in [0.25, 0.3) is 35.2 Å². The number of benzene rings is 5. The number of aliphatic hydroxyl groups excluding tert-OH is 6. The molecule has 6 amide bonds. The second-order valence-corrected chi connectivity index (χ2v) is 26.3. The van der Waals surface area contributed by atoms with E-state index in [4.69, 9.17) is 18.9 Å². The molecule has 2 aliphatic rings. The molecule has 2 fully saturated rings. The Labute approximate surface area is 585 Å². The van der Waals surface area contributed by atoms with Crippen LogP contribution in [0.5, 0.6) is 0 Å². The Morgan fingerprint density at radius 2 is 0.773 bits per heavy atom. The van der Waals surface area contributed by atoms with Crippen LogP contribution in [0.3, 0.4) is 0 Å². The van der Waals surface area contributed by atoms with Crippen molar-refractivity contribution >= 4 is 69.0 Å². The van der Waals surface area contributed by atoms with Crippen LogP contribution in [-0.4, -0.2) is 232 Å². The second kappa shape index (κ2) is 37.6. The molecule has 14 N–H and O–H groups in total. The number of carboxylic acids is 2. The molecule has 518 valence electrons. The molecule has 5 aromatic carbocycles. The van der Waals surface area contributed by atoms with Gasteiger partial charge in [0.2, 0.25) is 11.8 Å². The molecular weight excluding hydrogens is 1320 g/mol. The first-order valence-electron chi connectivity index (χ1n) is 30.8. The first-order valence-corrected chi connectivity index (χ1v) is 33.7. The van der Waals surface area contributed by atoms with E-state index >= 15 is 0 Å². The van der Waals surface area contributed by atoms with Crippen molar-refractivity contribution in [3.8, 4) is 22.3 Å². The number of hydrogen-bond donors (Lipinski definition) is 14. The number of aliphatic carboxylic acids is 2. The molecule has 0 spiro atoms. The molecule has 2 heterocycles. The maximum atomic E-state index is 13.0. The Balaban J connectivity index is 0.0000149. The monoisotopic (exact) mass is 1400 g/mol. The normalized spacial score (nSPS) is 22.5. The third-order valence-electron chi connectivity index (χ3n) is 15.8. The fourth-order valence-electron chi connectivity index (χ4n) is 10.7. The number of rotatable bonds is 34. The van der Waals surface area contributed by atoms with Crippen molar-refractivity contribution in [1.29, 1.82) is 0 Å². The van der Waals surface area contributed by atoms with Gasteiger partial charge >= 0.3 is 41.5 Å². The average Bonchev–Trinajstić information content (AvgIpc) is 0.777. The predicted molar refractivity (Wildman–Crippen MR) is 347 cm³/mol. The number of carbonyl (C=O) groups is 8. The minimum atomic E-state index is -2.60. The van der Waals surface area contributed by atoms with Crippen LogP contribution in [0, 0.1) is 0 Å². The van der Waals surface area contributed by atoms with Gasteiger partial charge in [0.05, 0.1) is 49.7 Å². The second-order valence-electron chi connectivity index (χ2n) is 22.9. The van der Waals surface area contributed by atoms with E-state index in [0.29, 0.717) is 0 Å². The molecule has 7 rings (SSSR count). The summed E-state index contributed by atoms with van der Waals surface area (Å²) in [5.41, 5.74) is 4.36. The van der Waals surface area contributed by atoms with Crippen molar-refractivity contribution in [2.75, 3.05) is 62.4 Å². The number of ether oxygens (including phenoxy) is 4. The Morgan fingerprint density at radius 1 is 0.474 bits per heavy atom. The maximum Gasteiger partial charge on any atom is 1.00 e. The summed E-state index contributed by atoms with van der Waals surface area (Å²) in [6.07, 6.45) is -15.9. The van der Waals surface area contributed by atoms with Crippen molar-refractivity contribution in [2.45, 2.75) is 112 Å². The van der Waals surface area contributed by atoms with Crippen LogP contribution in [0.2, 0.25) is 0 Å². The van der Waals surface area contributed by atoms with E-state index in [0.717, 1.165) is 36.1 Å². The summed E-state index contributed by atoms with van der Waals surface area (Å²) in [5.74, 6) is -12.4. The summed E-state index contributed by atoms with van der Waals surface area (Å²) < 4.78 is 48.8. The summed E-state index contributed by atoms with van der Waals surface area (Å²) in [7, 11) is -3.15. The maximum absolute atomic E-state index is 13.0. The van der Waals surface area contributed by atoms with Crippen molar-refractivity contribution < 1.29 is 136 Å². The van der Waals surface area contributed by atoms with Gasteiger partial charge in [-0.3, -0.25) is 37.2 Å². The first kappa shape index (κ1) is 78.8. The average molecular weight is 1400 g/mol. The zero-order valence-corrected chi connectivity index (χ0v) is 57.1. The van der Waals surface area contributed by atoms with E-state index in [9.17, 15) is 87.6 Å². The number of carboxylic acid groups (broad SMARTS) is 2. The number of amides is 6. The molecule has 14 atom stereocenters. The van der Waals surface area contributed by atoms with Crippen LogP contribution >= 0.6 is 0 Å². The Morgan fingerprint density at radius 3 is 1.08 bits per heavy atom. The Bertz CT molecular complexity index is 3290. The van der Waals surface area contributed by atoms with Crippen molar-refractivity contribution in [1.82, 2.24) is 31.9 Å². The summed E-state index contributed by atoms with van der Waals surface area (Å²) in [6.45, 7) is 0.269. The zero-order valence-electron chi connectivity index (χ0n) is 53.5. The number of carbonyl (C=O) groups excluding carboxylic acids is 6. The summed E-state index contributed by atoms with van der Waals surface area (Å²) in [6, 6.07) is 34.7. The topological polar surface area (TPSA) is 442 Å². The van der Waals surface area contributed by atoms with Gasteiger partial charge in [-0.1, -0.05) is 84.9 Å². The van der Waals surface area contributed by atoms with E-state index in [1.807, 2.05) is 60.7 Å². The van der Waals surface area contributed by atoms with Crippen LogP contribution in [0.1, 0.15) is 81.0 Å². The Kier molecular flexibility index (Phi) is 30.6. The smallest absolute Gasteiger partial charge is 0.477 e. The molecule has 28 nitrogen and oxygen atoms in total. The summed E-state index contributed by atoms with van der Waals surface area (Å²) in [5, 5.41) is 103. The molecule has 97 heavy (non-hydrogen) atoms. The third-order valence-corrected chi connectivity index (χ3v) is 18.6.